The Balaban J connectivity index is 1.95. The van der Waals surface area contributed by atoms with Crippen LogP contribution in [-0.4, -0.2) is 28.3 Å². The van der Waals surface area contributed by atoms with Crippen molar-refractivity contribution < 1.29 is 9.47 Å². The molecule has 0 aromatic carbocycles. The maximum absolute atomic E-state index is 5.80. The summed E-state index contributed by atoms with van der Waals surface area (Å²) >= 11 is 0. The van der Waals surface area contributed by atoms with Gasteiger partial charge in [-0.25, -0.2) is 4.98 Å². The molecule has 0 saturated carbocycles. The first-order valence-electron chi connectivity index (χ1n) is 6.00. The molecule has 0 aliphatic carbocycles. The van der Waals surface area contributed by atoms with Crippen LogP contribution in [0.15, 0.2) is 12.4 Å². The second kappa shape index (κ2) is 5.42. The molecule has 17 heavy (non-hydrogen) atoms. The minimum absolute atomic E-state index is 0.159. The molecule has 0 amide bonds. The third-order valence-electron chi connectivity index (χ3n) is 2.83. The van der Waals surface area contributed by atoms with Gasteiger partial charge in [-0.05, 0) is 13.8 Å². The largest absolute Gasteiger partial charge is 0.473 e. The van der Waals surface area contributed by atoms with Gasteiger partial charge in [0.2, 0.25) is 5.88 Å². The summed E-state index contributed by atoms with van der Waals surface area (Å²) in [6, 6.07) is 0. The predicted molar refractivity (Wildman–Crippen MR) is 63.6 cm³/mol. The van der Waals surface area contributed by atoms with E-state index in [1.165, 1.54) is 0 Å². The molecular formula is C12H19N3O2. The number of hydrogen-bond donors (Lipinski definition) is 1. The Morgan fingerprint density at radius 2 is 2.00 bits per heavy atom. The number of nitrogens with zero attached hydrogens (tertiary/aromatic N) is 2. The predicted octanol–water partition coefficient (Wildman–Crippen LogP) is 1.27. The molecule has 2 atom stereocenters. The van der Waals surface area contributed by atoms with E-state index in [1.54, 1.807) is 12.4 Å². The third-order valence-corrected chi connectivity index (χ3v) is 2.83. The lowest BCUT2D eigenvalue weighted by Crippen LogP contribution is -2.35. The lowest BCUT2D eigenvalue weighted by atomic mass is 10.0. The Hall–Kier alpha value is -1.20. The minimum atomic E-state index is 0.159. The van der Waals surface area contributed by atoms with Crippen molar-refractivity contribution in [2.75, 3.05) is 0 Å². The SMILES string of the molecule is CC1CC(Oc2cnc(CN)cn2)CC(C)O1. The number of aromatic nitrogens is 2. The van der Waals surface area contributed by atoms with Gasteiger partial charge in [0.05, 0.1) is 30.3 Å². The molecule has 1 aromatic heterocycles. The zero-order valence-corrected chi connectivity index (χ0v) is 10.3. The van der Waals surface area contributed by atoms with Crippen LogP contribution < -0.4 is 10.5 Å². The second-order valence-electron chi connectivity index (χ2n) is 4.52. The van der Waals surface area contributed by atoms with Crippen molar-refractivity contribution in [3.8, 4) is 5.88 Å². The molecule has 94 valence electrons. The van der Waals surface area contributed by atoms with Gasteiger partial charge in [0, 0.05) is 19.4 Å². The van der Waals surface area contributed by atoms with Crippen molar-refractivity contribution in [2.45, 2.75) is 51.5 Å². The van der Waals surface area contributed by atoms with Crippen molar-refractivity contribution in [3.63, 3.8) is 0 Å². The topological polar surface area (TPSA) is 70.3 Å². The Labute approximate surface area is 101 Å². The van der Waals surface area contributed by atoms with Crippen molar-refractivity contribution in [1.82, 2.24) is 9.97 Å². The van der Waals surface area contributed by atoms with Gasteiger partial charge in [-0.1, -0.05) is 0 Å². The van der Waals surface area contributed by atoms with Crippen LogP contribution in [0.3, 0.4) is 0 Å². The van der Waals surface area contributed by atoms with E-state index in [0.29, 0.717) is 12.4 Å². The van der Waals surface area contributed by atoms with Crippen LogP contribution >= 0.6 is 0 Å². The highest BCUT2D eigenvalue weighted by molar-refractivity contribution is 5.07. The van der Waals surface area contributed by atoms with E-state index in [0.717, 1.165) is 18.5 Å². The summed E-state index contributed by atoms with van der Waals surface area (Å²) < 4.78 is 11.5. The molecule has 5 heteroatoms. The Morgan fingerprint density at radius 1 is 1.29 bits per heavy atom. The fourth-order valence-electron chi connectivity index (χ4n) is 2.12. The second-order valence-corrected chi connectivity index (χ2v) is 4.52. The van der Waals surface area contributed by atoms with Crippen molar-refractivity contribution in [1.29, 1.82) is 0 Å². The van der Waals surface area contributed by atoms with Gasteiger partial charge in [0.15, 0.2) is 0 Å². The molecule has 2 N–H and O–H groups in total. The highest BCUT2D eigenvalue weighted by Crippen LogP contribution is 2.22. The summed E-state index contributed by atoms with van der Waals surface area (Å²) in [6.07, 6.45) is 5.70. The molecule has 1 aromatic rings. The average molecular weight is 237 g/mol. The molecule has 0 radical (unpaired) electrons. The monoisotopic (exact) mass is 237 g/mol. The summed E-state index contributed by atoms with van der Waals surface area (Å²) in [5.41, 5.74) is 6.23. The molecular weight excluding hydrogens is 218 g/mol. The van der Waals surface area contributed by atoms with Gasteiger partial charge in [-0.15, -0.1) is 0 Å². The molecule has 0 spiro atoms. The van der Waals surface area contributed by atoms with Gasteiger partial charge in [0.1, 0.15) is 6.10 Å². The fraction of sp³-hybridized carbons (Fsp3) is 0.667. The van der Waals surface area contributed by atoms with Crippen molar-refractivity contribution in [3.05, 3.63) is 18.1 Å². The van der Waals surface area contributed by atoms with Crippen LogP contribution in [-0.2, 0) is 11.3 Å². The standard InChI is InChI=1S/C12H19N3O2/c1-8-3-11(4-9(2)16-8)17-12-7-14-10(5-13)6-15-12/h6-9,11H,3-5,13H2,1-2H3. The van der Waals surface area contributed by atoms with Crippen LogP contribution in [0.5, 0.6) is 5.88 Å². The Morgan fingerprint density at radius 3 is 2.53 bits per heavy atom. The number of nitrogens with two attached hydrogens (primary N) is 1. The number of ether oxygens (including phenoxy) is 2. The first-order chi connectivity index (χ1) is 8.17. The number of rotatable bonds is 3. The lowest BCUT2D eigenvalue weighted by Gasteiger charge is -2.31. The van der Waals surface area contributed by atoms with E-state index in [1.807, 2.05) is 0 Å². The molecule has 1 fully saturated rings. The van der Waals surface area contributed by atoms with Crippen LogP contribution in [0.25, 0.3) is 0 Å². The van der Waals surface area contributed by atoms with Gasteiger partial charge in [0.25, 0.3) is 0 Å². The van der Waals surface area contributed by atoms with E-state index in [4.69, 9.17) is 15.2 Å². The first kappa shape index (κ1) is 12.3. The Bertz CT molecular complexity index is 345. The molecule has 5 nitrogen and oxygen atoms in total. The van der Waals surface area contributed by atoms with Crippen LogP contribution in [0.1, 0.15) is 32.4 Å². The highest BCUT2D eigenvalue weighted by Gasteiger charge is 2.26. The molecule has 1 aliphatic rings. The van der Waals surface area contributed by atoms with E-state index < -0.39 is 0 Å². The van der Waals surface area contributed by atoms with E-state index in [9.17, 15) is 0 Å². The molecule has 2 unspecified atom stereocenters. The van der Waals surface area contributed by atoms with E-state index >= 15 is 0 Å². The third kappa shape index (κ3) is 3.38. The summed E-state index contributed by atoms with van der Waals surface area (Å²) in [7, 11) is 0. The zero-order chi connectivity index (χ0) is 12.3. The molecule has 1 aliphatic heterocycles. The maximum atomic E-state index is 5.80. The lowest BCUT2D eigenvalue weighted by molar-refractivity contribution is -0.0730. The summed E-state index contributed by atoms with van der Waals surface area (Å²) in [5, 5.41) is 0. The van der Waals surface area contributed by atoms with Gasteiger partial charge < -0.3 is 15.2 Å². The molecule has 0 bridgehead atoms. The highest BCUT2D eigenvalue weighted by atomic mass is 16.5. The van der Waals surface area contributed by atoms with E-state index in [-0.39, 0.29) is 18.3 Å². The number of hydrogen-bond acceptors (Lipinski definition) is 5. The van der Waals surface area contributed by atoms with Crippen LogP contribution in [0.2, 0.25) is 0 Å². The molecule has 2 heterocycles. The minimum Gasteiger partial charge on any atom is -0.473 e. The van der Waals surface area contributed by atoms with Gasteiger partial charge in [-0.2, -0.15) is 0 Å². The maximum Gasteiger partial charge on any atom is 0.232 e. The van der Waals surface area contributed by atoms with E-state index in [2.05, 4.69) is 23.8 Å². The van der Waals surface area contributed by atoms with Gasteiger partial charge >= 0.3 is 0 Å². The van der Waals surface area contributed by atoms with Crippen molar-refractivity contribution in [2.24, 2.45) is 5.73 Å². The summed E-state index contributed by atoms with van der Waals surface area (Å²) in [6.45, 7) is 4.53. The fourth-order valence-corrected chi connectivity index (χ4v) is 2.12. The smallest absolute Gasteiger partial charge is 0.232 e. The van der Waals surface area contributed by atoms with Crippen LogP contribution in [0, 0.1) is 0 Å². The van der Waals surface area contributed by atoms with Crippen LogP contribution in [0.4, 0.5) is 0 Å². The first-order valence-corrected chi connectivity index (χ1v) is 6.00. The molecule has 2 rings (SSSR count). The summed E-state index contributed by atoms with van der Waals surface area (Å²) in [4.78, 5) is 8.35. The normalized spacial score (nSPS) is 29.0. The average Bonchev–Trinajstić information content (AvgIpc) is 2.28. The quantitative estimate of drug-likeness (QED) is 0.857. The van der Waals surface area contributed by atoms with Crippen molar-refractivity contribution >= 4 is 0 Å². The zero-order valence-electron chi connectivity index (χ0n) is 10.3. The summed E-state index contributed by atoms with van der Waals surface area (Å²) in [5.74, 6) is 0.563. The molecule has 1 saturated heterocycles. The van der Waals surface area contributed by atoms with Gasteiger partial charge in [-0.3, -0.25) is 4.98 Å². The Kier molecular flexibility index (Phi) is 3.91.